The van der Waals surface area contributed by atoms with Crippen LogP contribution in [-0.2, 0) is 14.3 Å². The van der Waals surface area contributed by atoms with Crippen LogP contribution in [0.4, 0.5) is 10.3 Å². The summed E-state index contributed by atoms with van der Waals surface area (Å²) >= 11 is 0. The standard InChI is InChI=1S/C16H19FN4O3/c1-10(24-9-11-5-4-8-23-11)15(22)19-16-18-14(20-21-16)12-6-2-3-7-13(12)17/h2-3,6-7,10-11H,4-5,8-9H2,1H3,(H2,18,19,20,21,22)/t10-,11+/m0/s1. The van der Waals surface area contributed by atoms with E-state index in [1.54, 1.807) is 25.1 Å². The highest BCUT2D eigenvalue weighted by molar-refractivity contribution is 5.92. The van der Waals surface area contributed by atoms with E-state index < -0.39 is 11.9 Å². The maximum atomic E-state index is 13.7. The first kappa shape index (κ1) is 16.5. The third kappa shape index (κ3) is 3.95. The monoisotopic (exact) mass is 334 g/mol. The Balaban J connectivity index is 1.55. The molecule has 24 heavy (non-hydrogen) atoms. The summed E-state index contributed by atoms with van der Waals surface area (Å²) in [6, 6.07) is 6.19. The maximum Gasteiger partial charge on any atom is 0.255 e. The van der Waals surface area contributed by atoms with Gasteiger partial charge in [-0.1, -0.05) is 12.1 Å². The van der Waals surface area contributed by atoms with Crippen molar-refractivity contribution in [1.29, 1.82) is 0 Å². The predicted octanol–water partition coefficient (Wildman–Crippen LogP) is 2.13. The number of H-pyrrole nitrogens is 1. The Morgan fingerprint density at radius 3 is 3.12 bits per heavy atom. The van der Waals surface area contributed by atoms with Crippen LogP contribution in [0, 0.1) is 5.82 Å². The molecule has 1 aromatic heterocycles. The van der Waals surface area contributed by atoms with Crippen LogP contribution < -0.4 is 5.32 Å². The average molecular weight is 334 g/mol. The van der Waals surface area contributed by atoms with E-state index >= 15 is 0 Å². The molecule has 2 N–H and O–H groups in total. The molecule has 0 spiro atoms. The van der Waals surface area contributed by atoms with E-state index in [4.69, 9.17) is 9.47 Å². The SMILES string of the molecule is C[C@H](OC[C@H]1CCCO1)C(=O)Nc1n[nH]c(-c2ccccc2F)n1. The zero-order valence-electron chi connectivity index (χ0n) is 13.3. The minimum absolute atomic E-state index is 0.0522. The van der Waals surface area contributed by atoms with Gasteiger partial charge < -0.3 is 9.47 Å². The number of amides is 1. The Morgan fingerprint density at radius 1 is 1.54 bits per heavy atom. The number of hydrogen-bond acceptors (Lipinski definition) is 5. The summed E-state index contributed by atoms with van der Waals surface area (Å²) in [7, 11) is 0. The van der Waals surface area contributed by atoms with Gasteiger partial charge in [-0.3, -0.25) is 15.2 Å². The van der Waals surface area contributed by atoms with E-state index in [2.05, 4.69) is 20.5 Å². The first-order chi connectivity index (χ1) is 11.6. The Hall–Kier alpha value is -2.32. The van der Waals surface area contributed by atoms with Gasteiger partial charge in [0.15, 0.2) is 5.82 Å². The van der Waals surface area contributed by atoms with Crippen molar-refractivity contribution in [2.45, 2.75) is 32.0 Å². The van der Waals surface area contributed by atoms with Crippen molar-refractivity contribution in [3.8, 4) is 11.4 Å². The van der Waals surface area contributed by atoms with Gasteiger partial charge in [0, 0.05) is 6.61 Å². The molecule has 0 aliphatic carbocycles. The summed E-state index contributed by atoms with van der Waals surface area (Å²) in [5.41, 5.74) is 0.285. The molecule has 1 amide bonds. The lowest BCUT2D eigenvalue weighted by molar-refractivity contribution is -0.128. The van der Waals surface area contributed by atoms with E-state index in [0.29, 0.717) is 6.61 Å². The van der Waals surface area contributed by atoms with Crippen LogP contribution in [0.5, 0.6) is 0 Å². The molecule has 8 heteroatoms. The van der Waals surface area contributed by atoms with Gasteiger partial charge in [-0.15, -0.1) is 5.10 Å². The van der Waals surface area contributed by atoms with Crippen molar-refractivity contribution >= 4 is 11.9 Å². The molecule has 1 aliphatic heterocycles. The predicted molar refractivity (Wildman–Crippen MR) is 84.8 cm³/mol. The Labute approximate surface area is 138 Å². The van der Waals surface area contributed by atoms with Crippen LogP contribution in [0.2, 0.25) is 0 Å². The number of nitrogens with zero attached hydrogens (tertiary/aromatic N) is 2. The quantitative estimate of drug-likeness (QED) is 0.845. The number of benzene rings is 1. The topological polar surface area (TPSA) is 89.1 Å². The summed E-state index contributed by atoms with van der Waals surface area (Å²) < 4.78 is 24.7. The second-order valence-electron chi connectivity index (χ2n) is 5.59. The number of ether oxygens (including phenoxy) is 2. The van der Waals surface area contributed by atoms with E-state index in [9.17, 15) is 9.18 Å². The number of carbonyl (C=O) groups excluding carboxylic acids is 1. The van der Waals surface area contributed by atoms with Gasteiger partial charge in [-0.05, 0) is 31.9 Å². The second kappa shape index (κ2) is 7.50. The summed E-state index contributed by atoms with van der Waals surface area (Å²) in [5, 5.41) is 9.03. The van der Waals surface area contributed by atoms with Crippen LogP contribution in [0.25, 0.3) is 11.4 Å². The summed E-state index contributed by atoms with van der Waals surface area (Å²) in [6.07, 6.45) is 1.35. The van der Waals surface area contributed by atoms with Crippen LogP contribution in [-0.4, -0.2) is 46.5 Å². The van der Waals surface area contributed by atoms with Gasteiger partial charge in [-0.25, -0.2) is 4.39 Å². The highest BCUT2D eigenvalue weighted by Crippen LogP contribution is 2.19. The molecule has 0 radical (unpaired) electrons. The molecule has 1 aromatic carbocycles. The zero-order valence-corrected chi connectivity index (χ0v) is 13.3. The molecule has 128 valence electrons. The largest absolute Gasteiger partial charge is 0.376 e. The van der Waals surface area contributed by atoms with Crippen LogP contribution in [0.15, 0.2) is 24.3 Å². The first-order valence-corrected chi connectivity index (χ1v) is 7.85. The van der Waals surface area contributed by atoms with Gasteiger partial charge in [0.05, 0.1) is 18.3 Å². The summed E-state index contributed by atoms with van der Waals surface area (Å²) in [4.78, 5) is 16.2. The molecule has 1 saturated heterocycles. The summed E-state index contributed by atoms with van der Waals surface area (Å²) in [6.45, 7) is 2.77. The number of rotatable bonds is 6. The van der Waals surface area contributed by atoms with Crippen LogP contribution in [0.1, 0.15) is 19.8 Å². The third-order valence-electron chi connectivity index (χ3n) is 3.77. The fourth-order valence-corrected chi connectivity index (χ4v) is 2.41. The number of halogens is 1. The summed E-state index contributed by atoms with van der Waals surface area (Å²) in [5.74, 6) is -0.464. The molecule has 3 rings (SSSR count). The molecule has 0 unspecified atom stereocenters. The average Bonchev–Trinajstić information content (AvgIpc) is 3.24. The fraction of sp³-hybridized carbons (Fsp3) is 0.438. The number of aromatic nitrogens is 3. The van der Waals surface area contributed by atoms with Crippen molar-refractivity contribution in [3.63, 3.8) is 0 Å². The van der Waals surface area contributed by atoms with Crippen molar-refractivity contribution in [3.05, 3.63) is 30.1 Å². The van der Waals surface area contributed by atoms with Gasteiger partial charge in [0.2, 0.25) is 5.95 Å². The molecular formula is C16H19FN4O3. The first-order valence-electron chi connectivity index (χ1n) is 7.85. The molecule has 0 bridgehead atoms. The lowest BCUT2D eigenvalue weighted by Gasteiger charge is -2.15. The molecule has 2 atom stereocenters. The lowest BCUT2D eigenvalue weighted by atomic mass is 10.2. The van der Waals surface area contributed by atoms with Crippen LogP contribution in [0.3, 0.4) is 0 Å². The van der Waals surface area contributed by atoms with Gasteiger partial charge in [0.1, 0.15) is 11.9 Å². The molecule has 7 nitrogen and oxygen atoms in total. The zero-order chi connectivity index (χ0) is 16.9. The number of anilines is 1. The number of hydrogen-bond donors (Lipinski definition) is 2. The molecule has 2 aromatic rings. The van der Waals surface area contributed by atoms with Gasteiger partial charge in [0.25, 0.3) is 5.91 Å². The highest BCUT2D eigenvalue weighted by atomic mass is 19.1. The van der Waals surface area contributed by atoms with E-state index in [1.807, 2.05) is 0 Å². The van der Waals surface area contributed by atoms with Crippen molar-refractivity contribution in [2.75, 3.05) is 18.5 Å². The smallest absolute Gasteiger partial charge is 0.255 e. The number of aromatic amines is 1. The van der Waals surface area contributed by atoms with Gasteiger partial charge >= 0.3 is 0 Å². The molecule has 1 fully saturated rings. The normalized spacial score (nSPS) is 18.5. The molecule has 2 heterocycles. The van der Waals surface area contributed by atoms with Crippen molar-refractivity contribution < 1.29 is 18.7 Å². The second-order valence-corrected chi connectivity index (χ2v) is 5.59. The van der Waals surface area contributed by atoms with Crippen molar-refractivity contribution in [2.24, 2.45) is 0 Å². The molecule has 1 aliphatic rings. The molecule has 0 saturated carbocycles. The van der Waals surface area contributed by atoms with Crippen LogP contribution >= 0.6 is 0 Å². The van der Waals surface area contributed by atoms with Gasteiger partial charge in [-0.2, -0.15) is 4.98 Å². The maximum absolute atomic E-state index is 13.7. The van der Waals surface area contributed by atoms with E-state index in [0.717, 1.165) is 19.4 Å². The Bertz CT molecular complexity index is 700. The minimum atomic E-state index is -0.662. The van der Waals surface area contributed by atoms with E-state index in [1.165, 1.54) is 6.07 Å². The third-order valence-corrected chi connectivity index (χ3v) is 3.77. The Morgan fingerprint density at radius 2 is 2.38 bits per heavy atom. The highest BCUT2D eigenvalue weighted by Gasteiger charge is 2.21. The molecular weight excluding hydrogens is 315 g/mol. The lowest BCUT2D eigenvalue weighted by Crippen LogP contribution is -2.30. The Kier molecular flexibility index (Phi) is 5.17. The minimum Gasteiger partial charge on any atom is -0.376 e. The number of nitrogens with one attached hydrogen (secondary N) is 2. The van der Waals surface area contributed by atoms with Crippen molar-refractivity contribution in [1.82, 2.24) is 15.2 Å². The van der Waals surface area contributed by atoms with E-state index in [-0.39, 0.29) is 29.3 Å². The number of carbonyl (C=O) groups is 1. The fourth-order valence-electron chi connectivity index (χ4n) is 2.41.